The van der Waals surface area contributed by atoms with E-state index in [1.807, 2.05) is 0 Å². The highest BCUT2D eigenvalue weighted by Gasteiger charge is 2.35. The number of carbonyl (C=O) groups excluding carboxylic acids is 1. The van der Waals surface area contributed by atoms with Crippen LogP contribution in [0.2, 0.25) is 0 Å². The van der Waals surface area contributed by atoms with Crippen LogP contribution in [-0.4, -0.2) is 33.0 Å². The smallest absolute Gasteiger partial charge is 0.275 e. The number of benzene rings is 2. The van der Waals surface area contributed by atoms with Crippen LogP contribution in [0.4, 0.5) is 11.4 Å². The Bertz CT molecular complexity index is 969. The van der Waals surface area contributed by atoms with Gasteiger partial charge in [0.25, 0.3) is 11.6 Å². The molecule has 12 heteroatoms. The quantitative estimate of drug-likeness (QED) is 0.182. The Labute approximate surface area is 193 Å². The Morgan fingerprint density at radius 2 is 1.87 bits per heavy atom. The van der Waals surface area contributed by atoms with E-state index in [1.54, 1.807) is 31.2 Å². The topological polar surface area (TPSA) is 106 Å². The van der Waals surface area contributed by atoms with Gasteiger partial charge in [-0.2, -0.15) is 0 Å². The van der Waals surface area contributed by atoms with Gasteiger partial charge in [0, 0.05) is 17.7 Å². The molecule has 0 radical (unpaired) electrons. The number of aryl methyl sites for hydroxylation is 1. The van der Waals surface area contributed by atoms with Crippen molar-refractivity contribution in [1.29, 1.82) is 0 Å². The van der Waals surface area contributed by atoms with Crippen LogP contribution >= 0.6 is 47.0 Å². The number of nitrogens with one attached hydrogen (secondary N) is 3. The minimum atomic E-state index is -1.95. The fourth-order valence-electron chi connectivity index (χ4n) is 2.41. The van der Waals surface area contributed by atoms with Crippen molar-refractivity contribution in [3.8, 4) is 5.75 Å². The first-order valence-corrected chi connectivity index (χ1v) is 9.89. The minimum absolute atomic E-state index is 0.0426. The first-order chi connectivity index (χ1) is 14.0. The summed E-state index contributed by atoms with van der Waals surface area (Å²) in [5.74, 6) is -0.225. The molecule has 0 aliphatic heterocycles. The Balaban J connectivity index is 2.16. The van der Waals surface area contributed by atoms with E-state index in [2.05, 4.69) is 16.0 Å². The van der Waals surface area contributed by atoms with Crippen molar-refractivity contribution in [2.24, 2.45) is 0 Å². The summed E-state index contributed by atoms with van der Waals surface area (Å²) in [6.07, 6.45) is -1.20. The summed E-state index contributed by atoms with van der Waals surface area (Å²) >= 11 is 23.2. The third-order valence-corrected chi connectivity index (χ3v) is 4.74. The Hall–Kier alpha value is -2.33. The number of thiocarbonyl (C=S) groups is 1. The molecule has 8 nitrogen and oxygen atoms in total. The van der Waals surface area contributed by atoms with E-state index in [-0.39, 0.29) is 22.2 Å². The van der Waals surface area contributed by atoms with Crippen molar-refractivity contribution in [3.63, 3.8) is 0 Å². The number of ether oxygens (including phenoxy) is 1. The van der Waals surface area contributed by atoms with Crippen molar-refractivity contribution < 1.29 is 14.5 Å². The van der Waals surface area contributed by atoms with Crippen molar-refractivity contribution in [2.45, 2.75) is 16.9 Å². The second kappa shape index (κ2) is 10.1. The molecule has 160 valence electrons. The zero-order valence-electron chi connectivity index (χ0n) is 15.7. The highest BCUT2D eigenvalue weighted by molar-refractivity contribution is 7.80. The number of non-ortho nitro benzene ring substituents is 1. The molecule has 0 spiro atoms. The van der Waals surface area contributed by atoms with Gasteiger partial charge in [0.1, 0.15) is 11.9 Å². The third kappa shape index (κ3) is 6.60. The lowest BCUT2D eigenvalue weighted by Gasteiger charge is -2.28. The van der Waals surface area contributed by atoms with Crippen molar-refractivity contribution >= 4 is 69.4 Å². The fourth-order valence-corrected chi connectivity index (χ4v) is 2.98. The molecule has 0 saturated heterocycles. The zero-order chi connectivity index (χ0) is 22.5. The predicted molar refractivity (Wildman–Crippen MR) is 122 cm³/mol. The summed E-state index contributed by atoms with van der Waals surface area (Å²) in [6, 6.07) is 10.9. The fraction of sp³-hybridized carbons (Fsp3) is 0.222. The van der Waals surface area contributed by atoms with E-state index in [0.717, 1.165) is 5.56 Å². The normalized spacial score (nSPS) is 11.9. The summed E-state index contributed by atoms with van der Waals surface area (Å²) in [5, 5.41) is 19.0. The van der Waals surface area contributed by atoms with Gasteiger partial charge in [0.2, 0.25) is 3.79 Å². The summed E-state index contributed by atoms with van der Waals surface area (Å²) in [4.78, 5) is 23.1. The second-order valence-corrected chi connectivity index (χ2v) is 8.82. The lowest BCUT2D eigenvalue weighted by atomic mass is 10.1. The number of anilines is 1. The van der Waals surface area contributed by atoms with Gasteiger partial charge in [0.15, 0.2) is 5.11 Å². The lowest BCUT2D eigenvalue weighted by Crippen LogP contribution is -2.56. The van der Waals surface area contributed by atoms with Gasteiger partial charge in [-0.3, -0.25) is 14.9 Å². The van der Waals surface area contributed by atoms with Crippen LogP contribution in [0.15, 0.2) is 42.5 Å². The SMILES string of the molecule is COc1cc(NC(=S)NC(NC(=O)c2ccccc2C)C(Cl)(Cl)Cl)cc([N+](=O)[O-])c1. The van der Waals surface area contributed by atoms with Gasteiger partial charge in [-0.15, -0.1) is 0 Å². The van der Waals surface area contributed by atoms with Gasteiger partial charge in [-0.1, -0.05) is 53.0 Å². The number of carbonyl (C=O) groups is 1. The van der Waals surface area contributed by atoms with Crippen LogP contribution in [0.5, 0.6) is 5.75 Å². The summed E-state index contributed by atoms with van der Waals surface area (Å²) in [6.45, 7) is 1.77. The molecule has 1 unspecified atom stereocenters. The second-order valence-electron chi connectivity index (χ2n) is 6.04. The Kier molecular flexibility index (Phi) is 8.08. The number of amides is 1. The Morgan fingerprint density at radius 3 is 2.43 bits per heavy atom. The zero-order valence-corrected chi connectivity index (χ0v) is 18.8. The lowest BCUT2D eigenvalue weighted by molar-refractivity contribution is -0.384. The first kappa shape index (κ1) is 23.9. The molecule has 0 aromatic heterocycles. The van der Waals surface area contributed by atoms with E-state index < -0.39 is 20.8 Å². The number of hydrogen-bond donors (Lipinski definition) is 3. The van der Waals surface area contributed by atoms with E-state index in [0.29, 0.717) is 5.56 Å². The van der Waals surface area contributed by atoms with Gasteiger partial charge in [-0.05, 0) is 30.8 Å². The number of methoxy groups -OCH3 is 1. The molecule has 2 aromatic rings. The van der Waals surface area contributed by atoms with E-state index >= 15 is 0 Å². The maximum Gasteiger partial charge on any atom is 0.275 e. The molecule has 2 aromatic carbocycles. The van der Waals surface area contributed by atoms with E-state index in [9.17, 15) is 14.9 Å². The van der Waals surface area contributed by atoms with Gasteiger partial charge in [-0.25, -0.2) is 0 Å². The first-order valence-electron chi connectivity index (χ1n) is 8.35. The molecule has 1 amide bonds. The number of halogens is 3. The molecule has 2 rings (SSSR count). The molecule has 0 saturated carbocycles. The highest BCUT2D eigenvalue weighted by atomic mass is 35.6. The van der Waals surface area contributed by atoms with Crippen LogP contribution in [-0.2, 0) is 0 Å². The van der Waals surface area contributed by atoms with Crippen molar-refractivity contribution in [1.82, 2.24) is 10.6 Å². The highest BCUT2D eigenvalue weighted by Crippen LogP contribution is 2.30. The predicted octanol–water partition coefficient (Wildman–Crippen LogP) is 4.32. The average Bonchev–Trinajstić information content (AvgIpc) is 2.66. The number of alkyl halides is 3. The maximum absolute atomic E-state index is 12.6. The largest absolute Gasteiger partial charge is 0.496 e. The van der Waals surface area contributed by atoms with Gasteiger partial charge >= 0.3 is 0 Å². The van der Waals surface area contributed by atoms with E-state index in [4.69, 9.17) is 51.8 Å². The van der Waals surface area contributed by atoms with Gasteiger partial charge in [0.05, 0.1) is 23.8 Å². The third-order valence-electron chi connectivity index (χ3n) is 3.86. The maximum atomic E-state index is 12.6. The number of nitrogens with zero attached hydrogens (tertiary/aromatic N) is 1. The molecule has 1 atom stereocenters. The summed E-state index contributed by atoms with van der Waals surface area (Å²) < 4.78 is 3.09. The molecule has 30 heavy (non-hydrogen) atoms. The number of nitro groups is 1. The molecular formula is C18H17Cl3N4O4S. The van der Waals surface area contributed by atoms with Crippen LogP contribution in [0, 0.1) is 17.0 Å². The minimum Gasteiger partial charge on any atom is -0.496 e. The van der Waals surface area contributed by atoms with Gasteiger partial charge < -0.3 is 20.7 Å². The van der Waals surface area contributed by atoms with Crippen LogP contribution in [0.25, 0.3) is 0 Å². The Morgan fingerprint density at radius 1 is 1.20 bits per heavy atom. The van der Waals surface area contributed by atoms with Crippen LogP contribution in [0.1, 0.15) is 15.9 Å². The molecule has 0 heterocycles. The molecule has 0 aliphatic carbocycles. The monoisotopic (exact) mass is 490 g/mol. The van der Waals surface area contributed by atoms with Crippen molar-refractivity contribution in [3.05, 3.63) is 63.7 Å². The number of hydrogen-bond acceptors (Lipinski definition) is 5. The summed E-state index contributed by atoms with van der Waals surface area (Å²) in [5.41, 5.74) is 1.21. The molecule has 0 bridgehead atoms. The molecule has 3 N–H and O–H groups in total. The van der Waals surface area contributed by atoms with Crippen LogP contribution in [0.3, 0.4) is 0 Å². The molecule has 0 aliphatic rings. The van der Waals surface area contributed by atoms with Crippen molar-refractivity contribution in [2.75, 3.05) is 12.4 Å². The standard InChI is InChI=1S/C18H17Cl3N4O4S/c1-10-5-3-4-6-14(10)15(26)23-16(18(19,20)21)24-17(30)22-11-7-12(25(27)28)9-13(8-11)29-2/h3-9,16H,1-2H3,(H,23,26)(H2,22,24,30). The number of rotatable bonds is 6. The molecule has 0 fully saturated rings. The molecular weight excluding hydrogens is 475 g/mol. The van der Waals surface area contributed by atoms with Crippen LogP contribution < -0.4 is 20.7 Å². The number of nitro benzene ring substituents is 1. The average molecular weight is 492 g/mol. The summed E-state index contributed by atoms with van der Waals surface area (Å²) in [7, 11) is 1.37. The van der Waals surface area contributed by atoms with E-state index in [1.165, 1.54) is 25.3 Å².